The fraction of sp³-hybridized carbons (Fsp3) is 0.231. The molecule has 0 spiro atoms. The predicted octanol–water partition coefficient (Wildman–Crippen LogP) is 3.82. The maximum atomic E-state index is 11.4. The first-order valence-electron chi connectivity index (χ1n) is 5.52. The van der Waals surface area contributed by atoms with Gasteiger partial charge in [-0.25, -0.2) is 9.78 Å². The highest BCUT2D eigenvalue weighted by molar-refractivity contribution is 9.10. The molecule has 0 saturated heterocycles. The summed E-state index contributed by atoms with van der Waals surface area (Å²) in [5.74, 6) is 0.366. The van der Waals surface area contributed by atoms with E-state index in [0.29, 0.717) is 16.5 Å². The molecule has 6 heteroatoms. The summed E-state index contributed by atoms with van der Waals surface area (Å²) in [5, 5.41) is 0.640. The SMILES string of the molecule is COC(=O)c1ccc(CSc2nc(C)co2)c(Br)c1. The van der Waals surface area contributed by atoms with E-state index in [1.807, 2.05) is 13.0 Å². The Balaban J connectivity index is 2.07. The highest BCUT2D eigenvalue weighted by Gasteiger charge is 2.09. The van der Waals surface area contributed by atoms with Crippen molar-refractivity contribution in [3.8, 4) is 0 Å². The van der Waals surface area contributed by atoms with Crippen LogP contribution in [0.3, 0.4) is 0 Å². The van der Waals surface area contributed by atoms with Gasteiger partial charge in [0.25, 0.3) is 5.22 Å². The monoisotopic (exact) mass is 341 g/mol. The summed E-state index contributed by atoms with van der Waals surface area (Å²) in [4.78, 5) is 15.6. The molecule has 0 unspecified atom stereocenters. The molecule has 1 heterocycles. The molecule has 0 bridgehead atoms. The Hall–Kier alpha value is -1.27. The minimum Gasteiger partial charge on any atom is -0.465 e. The van der Waals surface area contributed by atoms with Gasteiger partial charge in [-0.05, 0) is 24.6 Å². The molecule has 4 nitrogen and oxygen atoms in total. The number of oxazole rings is 1. The number of esters is 1. The van der Waals surface area contributed by atoms with Crippen molar-refractivity contribution >= 4 is 33.7 Å². The van der Waals surface area contributed by atoms with Crippen molar-refractivity contribution in [3.05, 3.63) is 45.8 Å². The number of hydrogen-bond acceptors (Lipinski definition) is 5. The lowest BCUT2D eigenvalue weighted by Crippen LogP contribution is -2.01. The molecular formula is C13H12BrNO3S. The molecule has 0 aliphatic heterocycles. The van der Waals surface area contributed by atoms with Crippen LogP contribution in [0.5, 0.6) is 0 Å². The molecule has 0 aliphatic rings. The first kappa shape index (κ1) is 14.1. The Morgan fingerprint density at radius 3 is 2.89 bits per heavy atom. The summed E-state index contributed by atoms with van der Waals surface area (Å²) >= 11 is 4.96. The standard InChI is InChI=1S/C13H12BrNO3S/c1-8-6-18-13(15-8)19-7-10-4-3-9(5-11(10)14)12(16)17-2/h3-6H,7H2,1-2H3. The third kappa shape index (κ3) is 3.61. The van der Waals surface area contributed by atoms with E-state index >= 15 is 0 Å². The fourth-order valence-electron chi connectivity index (χ4n) is 1.45. The number of aryl methyl sites for hydroxylation is 1. The maximum Gasteiger partial charge on any atom is 0.337 e. The topological polar surface area (TPSA) is 52.3 Å². The number of thioether (sulfide) groups is 1. The summed E-state index contributed by atoms with van der Waals surface area (Å²) in [6.07, 6.45) is 1.62. The summed E-state index contributed by atoms with van der Waals surface area (Å²) in [7, 11) is 1.37. The van der Waals surface area contributed by atoms with E-state index in [2.05, 4.69) is 25.7 Å². The zero-order valence-corrected chi connectivity index (χ0v) is 12.9. The van der Waals surface area contributed by atoms with E-state index in [1.165, 1.54) is 18.9 Å². The number of halogens is 1. The van der Waals surface area contributed by atoms with Crippen LogP contribution >= 0.6 is 27.7 Å². The van der Waals surface area contributed by atoms with Gasteiger partial charge in [0, 0.05) is 10.2 Å². The summed E-state index contributed by atoms with van der Waals surface area (Å²) < 4.78 is 10.8. The molecular weight excluding hydrogens is 330 g/mol. The van der Waals surface area contributed by atoms with Gasteiger partial charge < -0.3 is 9.15 Å². The van der Waals surface area contributed by atoms with Crippen molar-refractivity contribution in [1.82, 2.24) is 4.98 Å². The zero-order chi connectivity index (χ0) is 13.8. The van der Waals surface area contributed by atoms with E-state index in [9.17, 15) is 4.79 Å². The minimum absolute atomic E-state index is 0.344. The summed E-state index contributed by atoms with van der Waals surface area (Å²) in [6.45, 7) is 1.88. The lowest BCUT2D eigenvalue weighted by atomic mass is 10.1. The summed E-state index contributed by atoms with van der Waals surface area (Å²) in [6, 6.07) is 5.38. The number of rotatable bonds is 4. The van der Waals surface area contributed by atoms with Crippen LogP contribution in [-0.2, 0) is 10.5 Å². The van der Waals surface area contributed by atoms with Crippen LogP contribution in [0, 0.1) is 6.92 Å². The number of carbonyl (C=O) groups is 1. The van der Waals surface area contributed by atoms with Crippen LogP contribution in [0.2, 0.25) is 0 Å². The predicted molar refractivity (Wildman–Crippen MR) is 76.3 cm³/mol. The molecule has 0 fully saturated rings. The first-order valence-corrected chi connectivity index (χ1v) is 7.29. The smallest absolute Gasteiger partial charge is 0.337 e. The first-order chi connectivity index (χ1) is 9.10. The number of carbonyl (C=O) groups excluding carboxylic acids is 1. The van der Waals surface area contributed by atoms with Gasteiger partial charge in [0.1, 0.15) is 6.26 Å². The molecule has 0 amide bonds. The van der Waals surface area contributed by atoms with Crippen LogP contribution < -0.4 is 0 Å². The number of hydrogen-bond donors (Lipinski definition) is 0. The molecule has 1 aromatic heterocycles. The van der Waals surface area contributed by atoms with Gasteiger partial charge >= 0.3 is 5.97 Å². The van der Waals surface area contributed by atoms with Gasteiger partial charge in [0.2, 0.25) is 0 Å². The molecule has 0 radical (unpaired) electrons. The van der Waals surface area contributed by atoms with Crippen molar-refractivity contribution in [2.24, 2.45) is 0 Å². The lowest BCUT2D eigenvalue weighted by Gasteiger charge is -2.05. The van der Waals surface area contributed by atoms with Crippen molar-refractivity contribution in [2.45, 2.75) is 17.9 Å². The Morgan fingerprint density at radius 1 is 1.53 bits per heavy atom. The van der Waals surface area contributed by atoms with E-state index in [4.69, 9.17) is 4.42 Å². The quantitative estimate of drug-likeness (QED) is 0.624. The van der Waals surface area contributed by atoms with Gasteiger partial charge in [-0.2, -0.15) is 0 Å². The third-order valence-electron chi connectivity index (χ3n) is 2.42. The van der Waals surface area contributed by atoms with E-state index in [1.54, 1.807) is 18.4 Å². The zero-order valence-electron chi connectivity index (χ0n) is 10.5. The average molecular weight is 342 g/mol. The van der Waals surface area contributed by atoms with Crippen LogP contribution in [0.4, 0.5) is 0 Å². The highest BCUT2D eigenvalue weighted by Crippen LogP contribution is 2.27. The largest absolute Gasteiger partial charge is 0.465 e. The van der Waals surface area contributed by atoms with Gasteiger partial charge in [-0.3, -0.25) is 0 Å². The van der Waals surface area contributed by atoms with Crippen LogP contribution in [0.1, 0.15) is 21.6 Å². The molecule has 1 aromatic carbocycles. The molecule has 0 aliphatic carbocycles. The second kappa shape index (κ2) is 6.25. The van der Waals surface area contributed by atoms with Gasteiger partial charge in [0.15, 0.2) is 0 Å². The van der Waals surface area contributed by atoms with E-state index < -0.39 is 0 Å². The number of ether oxygens (including phenoxy) is 1. The molecule has 100 valence electrons. The number of benzene rings is 1. The molecule has 2 aromatic rings. The van der Waals surface area contributed by atoms with Gasteiger partial charge in [-0.15, -0.1) is 0 Å². The Kier molecular flexibility index (Phi) is 4.66. The van der Waals surface area contributed by atoms with Crippen LogP contribution in [0.25, 0.3) is 0 Å². The van der Waals surface area contributed by atoms with E-state index in [-0.39, 0.29) is 5.97 Å². The van der Waals surface area contributed by atoms with Gasteiger partial charge in [-0.1, -0.05) is 33.8 Å². The highest BCUT2D eigenvalue weighted by atomic mass is 79.9. The summed E-state index contributed by atoms with van der Waals surface area (Å²) in [5.41, 5.74) is 2.45. The minimum atomic E-state index is -0.344. The van der Waals surface area contributed by atoms with Crippen molar-refractivity contribution < 1.29 is 13.9 Å². The molecule has 0 N–H and O–H groups in total. The second-order valence-corrected chi connectivity index (χ2v) is 5.62. The number of methoxy groups -OCH3 is 1. The van der Waals surface area contributed by atoms with Crippen molar-refractivity contribution in [3.63, 3.8) is 0 Å². The van der Waals surface area contributed by atoms with Crippen LogP contribution in [0.15, 0.2) is 38.6 Å². The second-order valence-electron chi connectivity index (χ2n) is 3.84. The Morgan fingerprint density at radius 2 is 2.32 bits per heavy atom. The van der Waals surface area contributed by atoms with Crippen molar-refractivity contribution in [2.75, 3.05) is 7.11 Å². The molecule has 0 atom stereocenters. The van der Waals surface area contributed by atoms with Crippen LogP contribution in [-0.4, -0.2) is 18.1 Å². The normalized spacial score (nSPS) is 10.5. The lowest BCUT2D eigenvalue weighted by molar-refractivity contribution is 0.0600. The maximum absolute atomic E-state index is 11.4. The van der Waals surface area contributed by atoms with Crippen molar-refractivity contribution in [1.29, 1.82) is 0 Å². The molecule has 2 rings (SSSR count). The Labute approximate surface area is 123 Å². The molecule has 19 heavy (non-hydrogen) atoms. The van der Waals surface area contributed by atoms with E-state index in [0.717, 1.165) is 15.7 Å². The Bertz CT molecular complexity index is 597. The number of aromatic nitrogens is 1. The molecule has 0 saturated carbocycles. The fourth-order valence-corrected chi connectivity index (χ4v) is 3.01. The third-order valence-corrected chi connectivity index (χ3v) is 4.05. The number of nitrogens with zero attached hydrogens (tertiary/aromatic N) is 1. The van der Waals surface area contributed by atoms with Gasteiger partial charge in [0.05, 0.1) is 18.4 Å². The average Bonchev–Trinajstić information content (AvgIpc) is 2.82.